The van der Waals surface area contributed by atoms with E-state index in [2.05, 4.69) is 11.1 Å². The number of hydrogen-bond donors (Lipinski definition) is 0. The van der Waals surface area contributed by atoms with Crippen molar-refractivity contribution in [1.82, 2.24) is 9.88 Å². The Balaban J connectivity index is 1.50. The van der Waals surface area contributed by atoms with Crippen LogP contribution < -0.4 is 4.74 Å². The minimum atomic E-state index is 0.0190. The van der Waals surface area contributed by atoms with Crippen LogP contribution in [0.4, 0.5) is 0 Å². The Labute approximate surface area is 171 Å². The number of amides is 1. The lowest BCUT2D eigenvalue weighted by atomic mass is 10.0. The number of carbonyl (C=O) groups excluding carboxylic acids is 1. The molecule has 1 aliphatic heterocycles. The third-order valence-electron chi connectivity index (χ3n) is 4.75. The number of benzene rings is 1. The van der Waals surface area contributed by atoms with E-state index in [1.807, 2.05) is 40.6 Å². The standard InChI is InChI=1S/C20H19ClN2O2S2/c1-25-15-6-2-4-13(11-15)10-14-5-3-9-23(14)20(24)16-12-26-19(22-16)17-7-8-18(21)27-17/h2,4,6-8,11-12,14H,3,5,9-10H2,1H3. The molecule has 0 spiro atoms. The average molecular weight is 419 g/mol. The van der Waals surface area contributed by atoms with Crippen molar-refractivity contribution in [3.63, 3.8) is 0 Å². The second-order valence-electron chi connectivity index (χ2n) is 6.49. The molecule has 1 fully saturated rings. The molecule has 4 rings (SSSR count). The number of aromatic nitrogens is 1. The minimum Gasteiger partial charge on any atom is -0.497 e. The fraction of sp³-hybridized carbons (Fsp3) is 0.300. The Morgan fingerprint density at radius 1 is 1.37 bits per heavy atom. The van der Waals surface area contributed by atoms with Gasteiger partial charge in [0.15, 0.2) is 0 Å². The number of thiophene rings is 1. The molecule has 1 amide bonds. The molecular weight excluding hydrogens is 400 g/mol. The van der Waals surface area contributed by atoms with Crippen LogP contribution >= 0.6 is 34.3 Å². The van der Waals surface area contributed by atoms with E-state index in [0.717, 1.165) is 45.8 Å². The van der Waals surface area contributed by atoms with Gasteiger partial charge in [-0.1, -0.05) is 23.7 Å². The van der Waals surface area contributed by atoms with Crippen LogP contribution in [0.5, 0.6) is 5.75 Å². The van der Waals surface area contributed by atoms with Crippen LogP contribution in [0.1, 0.15) is 28.9 Å². The van der Waals surface area contributed by atoms with Crippen LogP contribution in [0.3, 0.4) is 0 Å². The molecule has 1 aliphatic rings. The first kappa shape index (κ1) is 18.5. The zero-order valence-electron chi connectivity index (χ0n) is 14.9. The summed E-state index contributed by atoms with van der Waals surface area (Å²) in [6.45, 7) is 0.783. The molecule has 1 aromatic carbocycles. The van der Waals surface area contributed by atoms with Crippen molar-refractivity contribution in [2.24, 2.45) is 0 Å². The molecule has 0 radical (unpaired) electrons. The SMILES string of the molecule is COc1cccc(CC2CCCN2C(=O)c2csc(-c3ccc(Cl)s3)n2)c1. The average Bonchev–Trinajstić information content (AvgIpc) is 3.41. The van der Waals surface area contributed by atoms with Gasteiger partial charge < -0.3 is 9.64 Å². The van der Waals surface area contributed by atoms with Gasteiger partial charge in [0.2, 0.25) is 0 Å². The highest BCUT2D eigenvalue weighted by atomic mass is 35.5. The van der Waals surface area contributed by atoms with E-state index in [9.17, 15) is 4.79 Å². The fourth-order valence-corrected chi connectivity index (χ4v) is 5.36. The zero-order chi connectivity index (χ0) is 18.8. The maximum Gasteiger partial charge on any atom is 0.273 e. The van der Waals surface area contributed by atoms with E-state index >= 15 is 0 Å². The topological polar surface area (TPSA) is 42.4 Å². The van der Waals surface area contributed by atoms with Gasteiger partial charge >= 0.3 is 0 Å². The van der Waals surface area contributed by atoms with Crippen molar-refractivity contribution in [1.29, 1.82) is 0 Å². The van der Waals surface area contributed by atoms with Gasteiger partial charge in [0.1, 0.15) is 16.5 Å². The van der Waals surface area contributed by atoms with Crippen LogP contribution in [-0.2, 0) is 6.42 Å². The van der Waals surface area contributed by atoms with E-state index < -0.39 is 0 Å². The molecule has 140 valence electrons. The van der Waals surface area contributed by atoms with Gasteiger partial charge in [-0.15, -0.1) is 22.7 Å². The van der Waals surface area contributed by atoms with Gasteiger partial charge in [0.25, 0.3) is 5.91 Å². The van der Waals surface area contributed by atoms with Gasteiger partial charge in [-0.3, -0.25) is 4.79 Å². The van der Waals surface area contributed by atoms with Crippen molar-refractivity contribution in [2.45, 2.75) is 25.3 Å². The number of likely N-dealkylation sites (tertiary alicyclic amines) is 1. The molecule has 3 aromatic rings. The van der Waals surface area contributed by atoms with Crippen molar-refractivity contribution in [2.75, 3.05) is 13.7 Å². The van der Waals surface area contributed by atoms with Gasteiger partial charge in [0, 0.05) is 18.0 Å². The van der Waals surface area contributed by atoms with Gasteiger partial charge in [0.05, 0.1) is 16.3 Å². The molecule has 4 nitrogen and oxygen atoms in total. The minimum absolute atomic E-state index is 0.0190. The molecule has 7 heteroatoms. The van der Waals surface area contributed by atoms with Crippen LogP contribution in [0.25, 0.3) is 9.88 Å². The van der Waals surface area contributed by atoms with E-state index in [1.54, 1.807) is 7.11 Å². The van der Waals surface area contributed by atoms with Gasteiger partial charge in [-0.05, 0) is 49.1 Å². The highest BCUT2D eigenvalue weighted by Gasteiger charge is 2.31. The summed E-state index contributed by atoms with van der Waals surface area (Å²) in [5, 5.41) is 2.70. The summed E-state index contributed by atoms with van der Waals surface area (Å²) < 4.78 is 6.04. The van der Waals surface area contributed by atoms with Crippen LogP contribution in [-0.4, -0.2) is 35.5 Å². The summed E-state index contributed by atoms with van der Waals surface area (Å²) in [6.07, 6.45) is 2.87. The quantitative estimate of drug-likeness (QED) is 0.558. The molecule has 27 heavy (non-hydrogen) atoms. The summed E-state index contributed by atoms with van der Waals surface area (Å²) in [4.78, 5) is 20.6. The second kappa shape index (κ2) is 8.00. The second-order valence-corrected chi connectivity index (χ2v) is 9.07. The number of halogens is 1. The first-order valence-corrected chi connectivity index (χ1v) is 10.9. The van der Waals surface area contributed by atoms with E-state index in [-0.39, 0.29) is 11.9 Å². The Morgan fingerprint density at radius 2 is 2.26 bits per heavy atom. The van der Waals surface area contributed by atoms with E-state index in [0.29, 0.717) is 5.69 Å². The largest absolute Gasteiger partial charge is 0.497 e. The number of thiazole rings is 1. The number of hydrogen-bond acceptors (Lipinski definition) is 5. The Kier molecular flexibility index (Phi) is 5.48. The molecule has 1 unspecified atom stereocenters. The van der Waals surface area contributed by atoms with Crippen molar-refractivity contribution < 1.29 is 9.53 Å². The van der Waals surface area contributed by atoms with Gasteiger partial charge in [-0.2, -0.15) is 0 Å². The number of nitrogens with zero attached hydrogens (tertiary/aromatic N) is 2. The smallest absolute Gasteiger partial charge is 0.273 e. The van der Waals surface area contributed by atoms with E-state index in [4.69, 9.17) is 16.3 Å². The van der Waals surface area contributed by atoms with Crippen LogP contribution in [0.2, 0.25) is 4.34 Å². The predicted molar refractivity (Wildman–Crippen MR) is 111 cm³/mol. The molecule has 0 aliphatic carbocycles. The molecule has 2 aromatic heterocycles. The molecule has 0 saturated carbocycles. The highest BCUT2D eigenvalue weighted by molar-refractivity contribution is 7.23. The predicted octanol–water partition coefficient (Wildman–Crippen LogP) is 5.38. The normalized spacial score (nSPS) is 16.7. The summed E-state index contributed by atoms with van der Waals surface area (Å²) in [5.74, 6) is 0.868. The monoisotopic (exact) mass is 418 g/mol. The number of ether oxygens (including phenoxy) is 1. The van der Waals surface area contributed by atoms with Crippen molar-refractivity contribution >= 4 is 40.2 Å². The summed E-state index contributed by atoms with van der Waals surface area (Å²) in [6, 6.07) is 12.1. The van der Waals surface area contributed by atoms with Crippen LogP contribution in [0.15, 0.2) is 41.8 Å². The zero-order valence-corrected chi connectivity index (χ0v) is 17.2. The molecule has 0 bridgehead atoms. The van der Waals surface area contributed by atoms with Crippen LogP contribution in [0, 0.1) is 0 Å². The maximum absolute atomic E-state index is 13.0. The Bertz CT molecular complexity index is 953. The lowest BCUT2D eigenvalue weighted by molar-refractivity contribution is 0.0731. The third-order valence-corrected chi connectivity index (χ3v) is 6.99. The third kappa shape index (κ3) is 4.03. The van der Waals surface area contributed by atoms with Crippen molar-refractivity contribution in [3.8, 4) is 15.6 Å². The van der Waals surface area contributed by atoms with E-state index in [1.165, 1.54) is 28.2 Å². The van der Waals surface area contributed by atoms with Gasteiger partial charge in [-0.25, -0.2) is 4.98 Å². The molecule has 0 N–H and O–H groups in total. The number of methoxy groups -OCH3 is 1. The maximum atomic E-state index is 13.0. The molecule has 1 atom stereocenters. The first-order valence-electron chi connectivity index (χ1n) is 8.79. The number of rotatable bonds is 5. The molecule has 1 saturated heterocycles. The summed E-state index contributed by atoms with van der Waals surface area (Å²) in [7, 11) is 1.67. The number of carbonyl (C=O) groups is 1. The lowest BCUT2D eigenvalue weighted by Gasteiger charge is -2.24. The summed E-state index contributed by atoms with van der Waals surface area (Å²) in [5.41, 5.74) is 1.71. The Morgan fingerprint density at radius 3 is 3.04 bits per heavy atom. The lowest BCUT2D eigenvalue weighted by Crippen LogP contribution is -2.37. The molecule has 3 heterocycles. The highest BCUT2D eigenvalue weighted by Crippen LogP contribution is 2.33. The summed E-state index contributed by atoms with van der Waals surface area (Å²) >= 11 is 8.98. The van der Waals surface area contributed by atoms with Crippen molar-refractivity contribution in [3.05, 3.63) is 57.4 Å². The fourth-order valence-electron chi connectivity index (χ4n) is 3.45. The Hall–Kier alpha value is -1.89. The molecular formula is C20H19ClN2O2S2. The first-order chi connectivity index (χ1) is 13.1.